The average Bonchev–Trinajstić information content (AvgIpc) is 2.70. The molecule has 2 rings (SSSR count). The van der Waals surface area contributed by atoms with Gasteiger partial charge in [0.05, 0.1) is 0 Å². The molecule has 1 aliphatic rings. The second kappa shape index (κ2) is 4.84. The molecule has 0 bridgehead atoms. The fraction of sp³-hybridized carbons (Fsp3) is 0.462. The molecule has 3 heteroatoms. The highest BCUT2D eigenvalue weighted by molar-refractivity contribution is 14.1. The largest absolute Gasteiger partial charge is 0.367 e. The molecule has 1 atom stereocenters. The molecule has 0 radical (unpaired) electrons. The fourth-order valence-corrected chi connectivity index (χ4v) is 2.33. The van der Waals surface area contributed by atoms with E-state index in [0.717, 1.165) is 25.0 Å². The van der Waals surface area contributed by atoms with Gasteiger partial charge < -0.3 is 4.74 Å². The summed E-state index contributed by atoms with van der Waals surface area (Å²) in [4.78, 5) is 12.1. The Hall–Kier alpha value is -0.420. The van der Waals surface area contributed by atoms with E-state index in [1.54, 1.807) is 0 Å². The normalized spacial score (nSPS) is 24.6. The minimum Gasteiger partial charge on any atom is -0.367 e. The lowest BCUT2D eigenvalue weighted by Crippen LogP contribution is -2.35. The number of Topliss-reactive ketones (excluding diaryl/α,β-unsaturated/α-hetero) is 1. The highest BCUT2D eigenvalue weighted by atomic mass is 127. The smallest absolute Gasteiger partial charge is 0.168 e. The van der Waals surface area contributed by atoms with Crippen molar-refractivity contribution in [2.45, 2.75) is 31.8 Å². The predicted octanol–water partition coefficient (Wildman–Crippen LogP) is 2.97. The minimum absolute atomic E-state index is 0.200. The highest BCUT2D eigenvalue weighted by Crippen LogP contribution is 2.27. The molecule has 0 spiro atoms. The number of hydrogen-bond acceptors (Lipinski definition) is 2. The fourth-order valence-electron chi connectivity index (χ4n) is 1.97. The molecule has 16 heavy (non-hydrogen) atoms. The third kappa shape index (κ3) is 2.63. The van der Waals surface area contributed by atoms with Crippen molar-refractivity contribution in [1.82, 2.24) is 0 Å². The second-order valence-electron chi connectivity index (χ2n) is 4.41. The van der Waals surface area contributed by atoms with Gasteiger partial charge in [-0.05, 0) is 60.1 Å². The molecule has 0 N–H and O–H groups in total. The Balaban J connectivity index is 2.04. The van der Waals surface area contributed by atoms with E-state index in [1.165, 1.54) is 3.57 Å². The summed E-state index contributed by atoms with van der Waals surface area (Å²) in [5.41, 5.74) is 0.533. The monoisotopic (exact) mass is 330 g/mol. The molecular weight excluding hydrogens is 315 g/mol. The van der Waals surface area contributed by atoms with Crippen LogP contribution in [0.5, 0.6) is 0 Å². The Morgan fingerprint density at radius 1 is 1.44 bits per heavy atom. The van der Waals surface area contributed by atoms with Gasteiger partial charge in [-0.25, -0.2) is 0 Å². The van der Waals surface area contributed by atoms with Gasteiger partial charge >= 0.3 is 0 Å². The number of rotatable bonds is 3. The van der Waals surface area contributed by atoms with Gasteiger partial charge in [-0.1, -0.05) is 12.1 Å². The predicted molar refractivity (Wildman–Crippen MR) is 71.5 cm³/mol. The van der Waals surface area contributed by atoms with Gasteiger partial charge in [-0.3, -0.25) is 4.79 Å². The van der Waals surface area contributed by atoms with E-state index in [2.05, 4.69) is 22.6 Å². The van der Waals surface area contributed by atoms with Crippen LogP contribution in [0.1, 0.15) is 25.3 Å². The maximum absolute atomic E-state index is 12.1. The molecule has 1 unspecified atom stereocenters. The number of carbonyl (C=O) groups excluding carboxylic acids is 1. The van der Waals surface area contributed by atoms with Gasteiger partial charge in [-0.2, -0.15) is 0 Å². The van der Waals surface area contributed by atoms with Gasteiger partial charge in [0, 0.05) is 16.6 Å². The lowest BCUT2D eigenvalue weighted by Gasteiger charge is -2.21. The van der Waals surface area contributed by atoms with Crippen LogP contribution >= 0.6 is 22.6 Å². The molecule has 0 aromatic heterocycles. The number of ether oxygens (including phenoxy) is 1. The Kier molecular flexibility index (Phi) is 3.64. The number of hydrogen-bond donors (Lipinski definition) is 0. The maximum Gasteiger partial charge on any atom is 0.168 e. The average molecular weight is 330 g/mol. The zero-order valence-corrected chi connectivity index (χ0v) is 11.5. The SMILES string of the molecule is CC1(C(=O)Cc2ccc(I)cc2)CCCO1. The molecule has 0 saturated carbocycles. The van der Waals surface area contributed by atoms with Crippen molar-refractivity contribution >= 4 is 28.4 Å². The molecule has 86 valence electrons. The first-order chi connectivity index (χ1) is 7.60. The third-order valence-electron chi connectivity index (χ3n) is 3.09. The molecule has 1 aromatic carbocycles. The Labute approximate surface area is 110 Å². The highest BCUT2D eigenvalue weighted by Gasteiger charge is 2.36. The Morgan fingerprint density at radius 2 is 2.12 bits per heavy atom. The quantitative estimate of drug-likeness (QED) is 0.797. The molecule has 1 aromatic rings. The van der Waals surface area contributed by atoms with E-state index >= 15 is 0 Å². The van der Waals surface area contributed by atoms with Crippen molar-refractivity contribution < 1.29 is 9.53 Å². The number of carbonyl (C=O) groups is 1. The van der Waals surface area contributed by atoms with E-state index in [9.17, 15) is 4.79 Å². The van der Waals surface area contributed by atoms with Crippen LogP contribution in [-0.2, 0) is 16.0 Å². The molecule has 0 amide bonds. The number of benzene rings is 1. The van der Waals surface area contributed by atoms with Crippen molar-refractivity contribution in [1.29, 1.82) is 0 Å². The van der Waals surface area contributed by atoms with Crippen molar-refractivity contribution in [3.05, 3.63) is 33.4 Å². The van der Waals surface area contributed by atoms with Crippen LogP contribution in [0.15, 0.2) is 24.3 Å². The Morgan fingerprint density at radius 3 is 2.69 bits per heavy atom. The topological polar surface area (TPSA) is 26.3 Å². The molecule has 1 heterocycles. The molecule has 1 aliphatic heterocycles. The van der Waals surface area contributed by atoms with E-state index in [0.29, 0.717) is 6.42 Å². The summed E-state index contributed by atoms with van der Waals surface area (Å²) in [6.07, 6.45) is 2.33. The lowest BCUT2D eigenvalue weighted by atomic mass is 9.92. The standard InChI is InChI=1S/C13H15IO2/c1-13(7-2-8-16-13)12(15)9-10-3-5-11(14)6-4-10/h3-6H,2,7-9H2,1H3. The van der Waals surface area contributed by atoms with Gasteiger partial charge in [0.25, 0.3) is 0 Å². The van der Waals surface area contributed by atoms with Crippen LogP contribution < -0.4 is 0 Å². The summed E-state index contributed by atoms with van der Waals surface area (Å²) in [5.74, 6) is 0.200. The van der Waals surface area contributed by atoms with Crippen LogP contribution in [0.2, 0.25) is 0 Å². The summed E-state index contributed by atoms with van der Waals surface area (Å²) in [7, 11) is 0. The van der Waals surface area contributed by atoms with Crippen LogP contribution in [0.4, 0.5) is 0 Å². The van der Waals surface area contributed by atoms with Crippen molar-refractivity contribution in [2.75, 3.05) is 6.61 Å². The summed E-state index contributed by atoms with van der Waals surface area (Å²) in [6, 6.07) is 8.08. The zero-order chi connectivity index (χ0) is 11.6. The van der Waals surface area contributed by atoms with Crippen LogP contribution in [0, 0.1) is 3.57 Å². The van der Waals surface area contributed by atoms with Gasteiger partial charge in [0.1, 0.15) is 5.60 Å². The molecular formula is C13H15IO2. The second-order valence-corrected chi connectivity index (χ2v) is 5.65. The van der Waals surface area contributed by atoms with Crippen molar-refractivity contribution in [3.63, 3.8) is 0 Å². The first-order valence-corrected chi connectivity index (χ1v) is 6.60. The zero-order valence-electron chi connectivity index (χ0n) is 9.33. The van der Waals surface area contributed by atoms with Gasteiger partial charge in [0.15, 0.2) is 5.78 Å². The summed E-state index contributed by atoms with van der Waals surface area (Å²) < 4.78 is 6.74. The van der Waals surface area contributed by atoms with E-state index in [4.69, 9.17) is 4.74 Å². The van der Waals surface area contributed by atoms with Crippen molar-refractivity contribution in [2.24, 2.45) is 0 Å². The minimum atomic E-state index is -0.539. The van der Waals surface area contributed by atoms with Gasteiger partial charge in [0.2, 0.25) is 0 Å². The van der Waals surface area contributed by atoms with Crippen LogP contribution in [0.25, 0.3) is 0 Å². The van der Waals surface area contributed by atoms with Crippen LogP contribution in [-0.4, -0.2) is 18.0 Å². The first-order valence-electron chi connectivity index (χ1n) is 5.52. The summed E-state index contributed by atoms with van der Waals surface area (Å²) >= 11 is 2.26. The molecule has 1 fully saturated rings. The van der Waals surface area contributed by atoms with Crippen molar-refractivity contribution in [3.8, 4) is 0 Å². The van der Waals surface area contributed by atoms with E-state index in [1.807, 2.05) is 31.2 Å². The Bertz CT molecular complexity index is 377. The van der Waals surface area contributed by atoms with Gasteiger partial charge in [-0.15, -0.1) is 0 Å². The maximum atomic E-state index is 12.1. The van der Waals surface area contributed by atoms with E-state index in [-0.39, 0.29) is 5.78 Å². The molecule has 0 aliphatic carbocycles. The summed E-state index contributed by atoms with van der Waals surface area (Å²) in [6.45, 7) is 2.63. The first kappa shape index (κ1) is 12.0. The number of ketones is 1. The number of halogens is 1. The third-order valence-corrected chi connectivity index (χ3v) is 3.81. The molecule has 2 nitrogen and oxygen atoms in total. The summed E-state index contributed by atoms with van der Waals surface area (Å²) in [5, 5.41) is 0. The lowest BCUT2D eigenvalue weighted by molar-refractivity contribution is -0.136. The molecule has 1 saturated heterocycles. The van der Waals surface area contributed by atoms with E-state index < -0.39 is 5.60 Å². The van der Waals surface area contributed by atoms with Crippen LogP contribution in [0.3, 0.4) is 0 Å².